The van der Waals surface area contributed by atoms with Gasteiger partial charge in [0.1, 0.15) is 17.0 Å². The standard InChI is InChI=1S/C31H37ClN4O4/c1-20-17-21(2)27(33-19-20)23-10-12-25(29(37)35-31(30(38)39)13-6-5-7-14-31)34-28(23)22-9-11-24(32)26(18-22)40-16-8-15-36(3)4/h9-12,17-19H,5-8,13-16H2,1-4H3,(H,35,37)(H,38,39). The van der Waals surface area contributed by atoms with E-state index in [4.69, 9.17) is 21.3 Å². The summed E-state index contributed by atoms with van der Waals surface area (Å²) < 4.78 is 6.01. The summed E-state index contributed by atoms with van der Waals surface area (Å²) in [7, 11) is 4.02. The third kappa shape index (κ3) is 6.80. The number of nitrogens with zero attached hydrogens (tertiary/aromatic N) is 3. The van der Waals surface area contributed by atoms with Crippen LogP contribution in [0.3, 0.4) is 0 Å². The minimum atomic E-state index is -1.28. The number of halogens is 1. The first-order valence-corrected chi connectivity index (χ1v) is 14.1. The fourth-order valence-electron chi connectivity index (χ4n) is 5.15. The van der Waals surface area contributed by atoms with Gasteiger partial charge >= 0.3 is 5.97 Å². The maximum atomic E-state index is 13.4. The Morgan fingerprint density at radius 3 is 2.50 bits per heavy atom. The SMILES string of the molecule is Cc1cnc(-c2ccc(C(=O)NC3(C(=O)O)CCCCC3)nc2-c2ccc(Cl)c(OCCCN(C)C)c2)c(C)c1. The summed E-state index contributed by atoms with van der Waals surface area (Å²) in [6, 6.07) is 10.9. The first-order valence-electron chi connectivity index (χ1n) is 13.7. The van der Waals surface area contributed by atoms with Crippen LogP contribution in [0.25, 0.3) is 22.5 Å². The van der Waals surface area contributed by atoms with Gasteiger partial charge < -0.3 is 20.1 Å². The van der Waals surface area contributed by atoms with Crippen LogP contribution in [0.4, 0.5) is 0 Å². The molecule has 2 aromatic heterocycles. The molecule has 2 heterocycles. The monoisotopic (exact) mass is 564 g/mol. The smallest absolute Gasteiger partial charge is 0.329 e. The molecule has 1 aromatic carbocycles. The summed E-state index contributed by atoms with van der Waals surface area (Å²) in [5, 5.41) is 13.2. The third-order valence-corrected chi connectivity index (χ3v) is 7.59. The van der Waals surface area contributed by atoms with Gasteiger partial charge in [0.25, 0.3) is 5.91 Å². The molecule has 1 aliphatic carbocycles. The lowest BCUT2D eigenvalue weighted by molar-refractivity contribution is -0.145. The summed E-state index contributed by atoms with van der Waals surface area (Å²) in [5.41, 5.74) is 3.62. The van der Waals surface area contributed by atoms with Gasteiger partial charge in [0.2, 0.25) is 0 Å². The van der Waals surface area contributed by atoms with Gasteiger partial charge in [-0.2, -0.15) is 0 Å². The van der Waals surface area contributed by atoms with Gasteiger partial charge in [0.05, 0.1) is 23.0 Å². The van der Waals surface area contributed by atoms with Gasteiger partial charge in [-0.25, -0.2) is 9.78 Å². The largest absolute Gasteiger partial charge is 0.492 e. The average molecular weight is 565 g/mol. The lowest BCUT2D eigenvalue weighted by Gasteiger charge is -2.33. The van der Waals surface area contributed by atoms with Gasteiger partial charge in [-0.05, 0) is 82.6 Å². The predicted molar refractivity (Wildman–Crippen MR) is 157 cm³/mol. The molecule has 0 bridgehead atoms. The molecule has 1 saturated carbocycles. The normalized spacial score (nSPS) is 14.7. The number of carbonyl (C=O) groups is 2. The fraction of sp³-hybridized carbons (Fsp3) is 0.419. The minimum Gasteiger partial charge on any atom is -0.492 e. The molecule has 1 fully saturated rings. The molecule has 0 spiro atoms. The first-order chi connectivity index (χ1) is 19.1. The van der Waals surface area contributed by atoms with Crippen molar-refractivity contribution in [2.45, 2.75) is 57.9 Å². The van der Waals surface area contributed by atoms with Crippen LogP contribution in [0.15, 0.2) is 42.6 Å². The van der Waals surface area contributed by atoms with Crippen LogP contribution in [-0.4, -0.2) is 64.6 Å². The fourth-order valence-corrected chi connectivity index (χ4v) is 5.32. The van der Waals surface area contributed by atoms with Gasteiger partial charge in [0.15, 0.2) is 0 Å². The van der Waals surface area contributed by atoms with E-state index in [9.17, 15) is 14.7 Å². The van der Waals surface area contributed by atoms with Crippen LogP contribution in [0.5, 0.6) is 5.75 Å². The zero-order chi connectivity index (χ0) is 28.9. The number of carbonyl (C=O) groups excluding carboxylic acids is 1. The van der Waals surface area contributed by atoms with E-state index in [1.54, 1.807) is 18.3 Å². The highest BCUT2D eigenvalue weighted by atomic mass is 35.5. The van der Waals surface area contributed by atoms with E-state index in [1.807, 2.05) is 52.2 Å². The second kappa shape index (κ2) is 12.8. The number of pyridine rings is 2. The number of benzene rings is 1. The predicted octanol–water partition coefficient (Wildman–Crippen LogP) is 5.93. The van der Waals surface area contributed by atoms with Gasteiger partial charge in [-0.1, -0.05) is 43.0 Å². The number of rotatable bonds is 10. The van der Waals surface area contributed by atoms with Crippen LogP contribution in [0.1, 0.15) is 60.1 Å². The molecule has 0 saturated heterocycles. The van der Waals surface area contributed by atoms with Gasteiger partial charge in [-0.15, -0.1) is 0 Å². The Hall–Kier alpha value is -3.49. The Balaban J connectivity index is 1.74. The van der Waals surface area contributed by atoms with E-state index in [0.717, 1.165) is 54.6 Å². The molecule has 0 atom stereocenters. The number of nitrogens with one attached hydrogen (secondary N) is 1. The highest BCUT2D eigenvalue weighted by Gasteiger charge is 2.41. The molecule has 40 heavy (non-hydrogen) atoms. The van der Waals surface area contributed by atoms with Crippen molar-refractivity contribution in [3.05, 3.63) is 64.4 Å². The summed E-state index contributed by atoms with van der Waals surface area (Å²) in [5.74, 6) is -0.994. The van der Waals surface area contributed by atoms with Crippen molar-refractivity contribution in [3.63, 3.8) is 0 Å². The zero-order valence-corrected chi connectivity index (χ0v) is 24.3. The third-order valence-electron chi connectivity index (χ3n) is 7.28. The number of ether oxygens (including phenoxy) is 1. The maximum absolute atomic E-state index is 13.4. The first kappa shape index (κ1) is 29.5. The van der Waals surface area contributed by atoms with Crippen molar-refractivity contribution >= 4 is 23.5 Å². The number of aliphatic carboxylic acids is 1. The molecule has 2 N–H and O–H groups in total. The second-order valence-corrected chi connectivity index (χ2v) is 11.2. The summed E-state index contributed by atoms with van der Waals surface area (Å²) >= 11 is 6.47. The van der Waals surface area contributed by atoms with Crippen LogP contribution >= 0.6 is 11.6 Å². The van der Waals surface area contributed by atoms with Gasteiger partial charge in [-0.3, -0.25) is 9.78 Å². The topological polar surface area (TPSA) is 105 Å². The molecule has 1 amide bonds. The van der Waals surface area contributed by atoms with Crippen molar-refractivity contribution in [2.24, 2.45) is 0 Å². The molecule has 3 aromatic rings. The number of carboxylic acids is 1. The quantitative estimate of drug-likeness (QED) is 0.294. The van der Waals surface area contributed by atoms with Crippen molar-refractivity contribution in [1.82, 2.24) is 20.2 Å². The van der Waals surface area contributed by atoms with Crippen LogP contribution in [-0.2, 0) is 4.79 Å². The minimum absolute atomic E-state index is 0.137. The van der Waals surface area contributed by atoms with Crippen LogP contribution < -0.4 is 10.1 Å². The van der Waals surface area contributed by atoms with E-state index in [-0.39, 0.29) is 5.69 Å². The number of amides is 1. The average Bonchev–Trinajstić information content (AvgIpc) is 2.92. The molecule has 9 heteroatoms. The highest BCUT2D eigenvalue weighted by Crippen LogP contribution is 2.36. The lowest BCUT2D eigenvalue weighted by atomic mass is 9.81. The molecule has 0 aliphatic heterocycles. The summed E-state index contributed by atoms with van der Waals surface area (Å²) in [6.45, 7) is 5.36. The lowest BCUT2D eigenvalue weighted by Crippen LogP contribution is -2.55. The Morgan fingerprint density at radius 1 is 1.07 bits per heavy atom. The molecule has 8 nitrogen and oxygen atoms in total. The number of hydrogen-bond acceptors (Lipinski definition) is 6. The van der Waals surface area contributed by atoms with E-state index in [1.165, 1.54) is 0 Å². The van der Waals surface area contributed by atoms with Gasteiger partial charge in [0, 0.05) is 23.9 Å². The Bertz CT molecular complexity index is 1390. The number of aryl methyl sites for hydroxylation is 2. The molecule has 212 valence electrons. The number of carboxylic acid groups (broad SMARTS) is 1. The van der Waals surface area contributed by atoms with Crippen LogP contribution in [0, 0.1) is 13.8 Å². The Labute approximate surface area is 240 Å². The maximum Gasteiger partial charge on any atom is 0.329 e. The zero-order valence-electron chi connectivity index (χ0n) is 23.6. The molecule has 0 radical (unpaired) electrons. The molecular weight excluding hydrogens is 528 g/mol. The van der Waals surface area contributed by atoms with E-state index < -0.39 is 17.4 Å². The summed E-state index contributed by atoms with van der Waals surface area (Å²) in [6.07, 6.45) is 5.91. The van der Waals surface area contributed by atoms with Crippen LogP contribution in [0.2, 0.25) is 5.02 Å². The highest BCUT2D eigenvalue weighted by molar-refractivity contribution is 6.32. The van der Waals surface area contributed by atoms with Crippen molar-refractivity contribution in [3.8, 4) is 28.3 Å². The second-order valence-electron chi connectivity index (χ2n) is 10.8. The summed E-state index contributed by atoms with van der Waals surface area (Å²) in [4.78, 5) is 37.1. The molecular formula is C31H37ClN4O4. The Kier molecular flexibility index (Phi) is 9.43. The van der Waals surface area contributed by atoms with Crippen molar-refractivity contribution in [2.75, 3.05) is 27.2 Å². The molecule has 1 aliphatic rings. The van der Waals surface area contributed by atoms with Crippen molar-refractivity contribution < 1.29 is 19.4 Å². The van der Waals surface area contributed by atoms with E-state index >= 15 is 0 Å². The Morgan fingerprint density at radius 2 is 1.82 bits per heavy atom. The van der Waals surface area contributed by atoms with E-state index in [2.05, 4.69) is 15.2 Å². The van der Waals surface area contributed by atoms with E-state index in [0.29, 0.717) is 41.5 Å². The number of hydrogen-bond donors (Lipinski definition) is 2. The number of aromatic nitrogens is 2. The molecule has 0 unspecified atom stereocenters. The molecule has 4 rings (SSSR count). The van der Waals surface area contributed by atoms with Crippen molar-refractivity contribution in [1.29, 1.82) is 0 Å².